The summed E-state index contributed by atoms with van der Waals surface area (Å²) in [6, 6.07) is 16.3. The summed E-state index contributed by atoms with van der Waals surface area (Å²) in [5, 5.41) is 13.1. The van der Waals surface area contributed by atoms with Gasteiger partial charge >= 0.3 is 0 Å². The molecule has 7 nitrogen and oxygen atoms in total. The molecule has 1 aliphatic rings. The lowest BCUT2D eigenvalue weighted by molar-refractivity contribution is 0.388. The SMILES string of the molecule is COc1ccc(C2CCCN2c2ccc3nnc(-c4ccccc4F)n3n2)c(OC)c1. The number of fused-ring (bicyclic) bond motifs is 1. The summed E-state index contributed by atoms with van der Waals surface area (Å²) in [6.07, 6.45) is 2.01. The quantitative estimate of drug-likeness (QED) is 0.481. The maximum absolute atomic E-state index is 14.4. The zero-order valence-corrected chi connectivity index (χ0v) is 17.3. The molecular weight excluding hydrogens is 397 g/mol. The molecule has 0 saturated carbocycles. The van der Waals surface area contributed by atoms with Crippen molar-refractivity contribution in [2.45, 2.75) is 18.9 Å². The maximum Gasteiger partial charge on any atom is 0.188 e. The molecule has 2 aromatic heterocycles. The molecule has 0 spiro atoms. The third kappa shape index (κ3) is 3.34. The van der Waals surface area contributed by atoms with E-state index < -0.39 is 0 Å². The van der Waals surface area contributed by atoms with Gasteiger partial charge in [-0.3, -0.25) is 0 Å². The molecule has 3 heterocycles. The van der Waals surface area contributed by atoms with Gasteiger partial charge in [-0.05, 0) is 49.2 Å². The minimum Gasteiger partial charge on any atom is -0.497 e. The highest BCUT2D eigenvalue weighted by Gasteiger charge is 2.30. The normalized spacial score (nSPS) is 16.1. The second-order valence-electron chi connectivity index (χ2n) is 7.42. The van der Waals surface area contributed by atoms with Crippen LogP contribution in [0.4, 0.5) is 10.2 Å². The lowest BCUT2D eigenvalue weighted by Crippen LogP contribution is -2.24. The highest BCUT2D eigenvalue weighted by Crippen LogP contribution is 2.40. The van der Waals surface area contributed by atoms with Crippen molar-refractivity contribution < 1.29 is 13.9 Å². The van der Waals surface area contributed by atoms with Gasteiger partial charge in [-0.15, -0.1) is 15.3 Å². The van der Waals surface area contributed by atoms with Crippen LogP contribution >= 0.6 is 0 Å². The highest BCUT2D eigenvalue weighted by molar-refractivity contribution is 5.61. The first-order valence-electron chi connectivity index (χ1n) is 10.2. The van der Waals surface area contributed by atoms with Gasteiger partial charge in [-0.25, -0.2) is 4.39 Å². The van der Waals surface area contributed by atoms with Crippen molar-refractivity contribution in [1.29, 1.82) is 0 Å². The van der Waals surface area contributed by atoms with Crippen LogP contribution in [0.3, 0.4) is 0 Å². The molecule has 1 atom stereocenters. The minimum absolute atomic E-state index is 0.110. The van der Waals surface area contributed by atoms with Gasteiger partial charge in [0.25, 0.3) is 0 Å². The summed E-state index contributed by atoms with van der Waals surface area (Å²) in [6.45, 7) is 0.857. The second kappa shape index (κ2) is 7.86. The third-order valence-corrected chi connectivity index (χ3v) is 5.71. The molecule has 5 rings (SSSR count). The summed E-state index contributed by atoms with van der Waals surface area (Å²) >= 11 is 0. The fourth-order valence-electron chi connectivity index (χ4n) is 4.20. The first kappa shape index (κ1) is 19.3. The molecule has 1 fully saturated rings. The Morgan fingerprint density at radius 3 is 2.68 bits per heavy atom. The summed E-state index contributed by atoms with van der Waals surface area (Å²) in [4.78, 5) is 2.24. The predicted octanol–water partition coefficient (Wildman–Crippen LogP) is 4.29. The van der Waals surface area contributed by atoms with Crippen molar-refractivity contribution in [3.05, 3.63) is 66.0 Å². The van der Waals surface area contributed by atoms with Crippen molar-refractivity contribution in [3.63, 3.8) is 0 Å². The van der Waals surface area contributed by atoms with E-state index in [1.54, 1.807) is 36.9 Å². The van der Waals surface area contributed by atoms with Gasteiger partial charge in [0.15, 0.2) is 11.5 Å². The smallest absolute Gasteiger partial charge is 0.188 e. The van der Waals surface area contributed by atoms with Crippen LogP contribution in [-0.4, -0.2) is 40.6 Å². The Kier molecular flexibility index (Phi) is 4.89. The Hall–Kier alpha value is -3.68. The van der Waals surface area contributed by atoms with E-state index >= 15 is 0 Å². The number of anilines is 1. The van der Waals surface area contributed by atoms with Gasteiger partial charge in [0.2, 0.25) is 0 Å². The topological polar surface area (TPSA) is 64.8 Å². The van der Waals surface area contributed by atoms with E-state index in [0.717, 1.165) is 42.3 Å². The van der Waals surface area contributed by atoms with E-state index in [-0.39, 0.29) is 11.9 Å². The predicted molar refractivity (Wildman–Crippen MR) is 115 cm³/mol. The lowest BCUT2D eigenvalue weighted by Gasteiger charge is -2.27. The van der Waals surface area contributed by atoms with E-state index in [1.807, 2.05) is 30.3 Å². The molecule has 4 aromatic rings. The van der Waals surface area contributed by atoms with E-state index in [4.69, 9.17) is 14.6 Å². The van der Waals surface area contributed by atoms with Crippen molar-refractivity contribution >= 4 is 11.5 Å². The summed E-state index contributed by atoms with van der Waals surface area (Å²) in [7, 11) is 3.31. The molecule has 0 aliphatic carbocycles. The number of nitrogens with zero attached hydrogens (tertiary/aromatic N) is 5. The number of benzene rings is 2. The Morgan fingerprint density at radius 2 is 1.87 bits per heavy atom. The molecular formula is C23H22FN5O2. The van der Waals surface area contributed by atoms with Crippen LogP contribution in [0.2, 0.25) is 0 Å². The number of aromatic nitrogens is 4. The lowest BCUT2D eigenvalue weighted by atomic mass is 10.0. The number of ether oxygens (including phenoxy) is 2. The fraction of sp³-hybridized carbons (Fsp3) is 0.261. The third-order valence-electron chi connectivity index (χ3n) is 5.71. The highest BCUT2D eigenvalue weighted by atomic mass is 19.1. The Morgan fingerprint density at radius 1 is 1.00 bits per heavy atom. The molecule has 1 aliphatic heterocycles. The van der Waals surface area contributed by atoms with Gasteiger partial charge in [0.05, 0.1) is 25.8 Å². The monoisotopic (exact) mass is 419 g/mol. The zero-order valence-electron chi connectivity index (χ0n) is 17.3. The molecule has 31 heavy (non-hydrogen) atoms. The van der Waals surface area contributed by atoms with Gasteiger partial charge in [0.1, 0.15) is 23.1 Å². The standard InChI is InChI=1S/C23H22FN5O2/c1-30-15-9-10-17(20(14-15)31-2)19-8-5-13-28(19)22-12-11-21-25-26-23(29(21)27-22)16-6-3-4-7-18(16)24/h3-4,6-7,9-12,14,19H,5,8,13H2,1-2H3. The van der Waals surface area contributed by atoms with Crippen LogP contribution in [0.5, 0.6) is 11.5 Å². The van der Waals surface area contributed by atoms with Gasteiger partial charge in [-0.2, -0.15) is 4.52 Å². The summed E-state index contributed by atoms with van der Waals surface area (Å²) < 4.78 is 26.9. The van der Waals surface area contributed by atoms with Gasteiger partial charge in [0, 0.05) is 18.2 Å². The van der Waals surface area contributed by atoms with E-state index in [9.17, 15) is 4.39 Å². The van der Waals surface area contributed by atoms with Crippen LogP contribution in [0.15, 0.2) is 54.6 Å². The molecule has 0 amide bonds. The maximum atomic E-state index is 14.4. The molecule has 158 valence electrons. The first-order valence-corrected chi connectivity index (χ1v) is 10.2. The molecule has 0 N–H and O–H groups in total. The second-order valence-corrected chi connectivity index (χ2v) is 7.42. The molecule has 2 aromatic carbocycles. The summed E-state index contributed by atoms with van der Waals surface area (Å²) in [5.74, 6) is 2.35. The number of methoxy groups -OCH3 is 2. The Labute approximate surface area is 179 Å². The number of hydrogen-bond acceptors (Lipinski definition) is 6. The molecule has 1 saturated heterocycles. The summed E-state index contributed by atoms with van der Waals surface area (Å²) in [5.41, 5.74) is 2.02. The van der Waals surface area contributed by atoms with Crippen LogP contribution in [0.25, 0.3) is 17.0 Å². The molecule has 1 unspecified atom stereocenters. The molecule has 0 radical (unpaired) electrons. The van der Waals surface area contributed by atoms with Crippen LogP contribution < -0.4 is 14.4 Å². The Balaban J connectivity index is 1.56. The minimum atomic E-state index is -0.356. The average Bonchev–Trinajstić information content (AvgIpc) is 3.46. The van der Waals surface area contributed by atoms with Crippen molar-refractivity contribution in [2.75, 3.05) is 25.7 Å². The van der Waals surface area contributed by atoms with E-state index in [2.05, 4.69) is 15.1 Å². The van der Waals surface area contributed by atoms with E-state index in [0.29, 0.717) is 17.0 Å². The fourth-order valence-corrected chi connectivity index (χ4v) is 4.20. The van der Waals surface area contributed by atoms with Crippen LogP contribution in [-0.2, 0) is 0 Å². The number of hydrogen-bond donors (Lipinski definition) is 0. The first-order chi connectivity index (χ1) is 15.2. The van der Waals surface area contributed by atoms with Crippen molar-refractivity contribution in [1.82, 2.24) is 19.8 Å². The van der Waals surface area contributed by atoms with Gasteiger partial charge < -0.3 is 14.4 Å². The van der Waals surface area contributed by atoms with E-state index in [1.165, 1.54) is 6.07 Å². The largest absolute Gasteiger partial charge is 0.497 e. The molecule has 0 bridgehead atoms. The average molecular weight is 419 g/mol. The Bertz CT molecular complexity index is 1240. The van der Waals surface area contributed by atoms with Crippen molar-refractivity contribution in [2.24, 2.45) is 0 Å². The van der Waals surface area contributed by atoms with Gasteiger partial charge in [-0.1, -0.05) is 12.1 Å². The van der Waals surface area contributed by atoms with Crippen molar-refractivity contribution in [3.8, 4) is 22.9 Å². The number of rotatable bonds is 5. The van der Waals surface area contributed by atoms with Crippen LogP contribution in [0, 0.1) is 5.82 Å². The van der Waals surface area contributed by atoms with Crippen LogP contribution in [0.1, 0.15) is 24.4 Å². The number of halogens is 1. The molecule has 8 heteroatoms. The zero-order chi connectivity index (χ0) is 21.4.